The number of carbonyl (C=O) groups is 2. The van der Waals surface area contributed by atoms with E-state index in [2.05, 4.69) is 17.0 Å². The molecule has 1 amide bonds. The van der Waals surface area contributed by atoms with Gasteiger partial charge in [0.05, 0.1) is 24.2 Å². The van der Waals surface area contributed by atoms with Gasteiger partial charge in [-0.1, -0.05) is 53.3 Å². The number of amides is 1. The van der Waals surface area contributed by atoms with Gasteiger partial charge in [-0.25, -0.2) is 0 Å². The van der Waals surface area contributed by atoms with E-state index in [0.717, 1.165) is 17.7 Å². The number of rotatable bonds is 12. The summed E-state index contributed by atoms with van der Waals surface area (Å²) in [6.07, 6.45) is 1.73. The van der Waals surface area contributed by atoms with Gasteiger partial charge in [-0.15, -0.1) is 0 Å². The number of carboxylic acid groups (broad SMARTS) is 1. The van der Waals surface area contributed by atoms with Crippen molar-refractivity contribution in [1.82, 2.24) is 5.32 Å². The molecule has 38 heavy (non-hydrogen) atoms. The minimum Gasteiger partial charge on any atom is -0.493 e. The molecule has 0 radical (unpaired) electrons. The highest BCUT2D eigenvalue weighted by atomic mass is 35.5. The number of unbranched alkanes of at least 4 members (excludes halogenated alkanes) is 1. The fourth-order valence-electron chi connectivity index (χ4n) is 3.53. The molecule has 0 aliphatic rings. The molecule has 0 fully saturated rings. The summed E-state index contributed by atoms with van der Waals surface area (Å²) in [7, 11) is 0.834. The van der Waals surface area contributed by atoms with E-state index >= 15 is 0 Å². The largest absolute Gasteiger partial charge is 0.493 e. The maximum absolute atomic E-state index is 12.8. The first-order chi connectivity index (χ1) is 18.2. The Morgan fingerprint density at radius 3 is 2.45 bits per heavy atom. The number of ether oxygens (including phenoxy) is 2. The lowest BCUT2D eigenvalue weighted by molar-refractivity contribution is -0.136. The van der Waals surface area contributed by atoms with Crippen molar-refractivity contribution in [1.29, 1.82) is 0 Å². The maximum atomic E-state index is 12.8. The van der Waals surface area contributed by atoms with Crippen molar-refractivity contribution in [2.45, 2.75) is 38.0 Å². The summed E-state index contributed by atoms with van der Waals surface area (Å²) in [5.74, 6) is 0.105. The van der Waals surface area contributed by atoms with Crippen LogP contribution in [0.5, 0.6) is 17.2 Å². The van der Waals surface area contributed by atoms with Crippen LogP contribution in [0.2, 0.25) is 10.0 Å². The maximum Gasteiger partial charge on any atom is 0.307 e. The van der Waals surface area contributed by atoms with Crippen LogP contribution in [0.1, 0.15) is 42.6 Å². The second kappa shape index (κ2) is 14.1. The Balaban J connectivity index is 2.00. The van der Waals surface area contributed by atoms with E-state index in [9.17, 15) is 9.59 Å². The van der Waals surface area contributed by atoms with Crippen LogP contribution >= 0.6 is 33.9 Å². The molecule has 0 saturated carbocycles. The highest BCUT2D eigenvalue weighted by Gasteiger charge is 2.16. The molecule has 3 aromatic carbocycles. The number of aliphatic carboxylic acids is 1. The molecule has 10 heteroatoms. The monoisotopic (exact) mass is 576 g/mol. The second-order valence-corrected chi connectivity index (χ2v) is 10.9. The van der Waals surface area contributed by atoms with Gasteiger partial charge >= 0.3 is 5.97 Å². The molecule has 3 N–H and O–H groups in total. The van der Waals surface area contributed by atoms with Gasteiger partial charge in [0.2, 0.25) is 0 Å². The second-order valence-electron chi connectivity index (χ2n) is 8.23. The van der Waals surface area contributed by atoms with Gasteiger partial charge in [0, 0.05) is 22.0 Å². The van der Waals surface area contributed by atoms with E-state index < -0.39 is 16.6 Å². The van der Waals surface area contributed by atoms with Crippen LogP contribution < -0.4 is 19.5 Å². The number of carbonyl (C=O) groups excluding carboxylic acids is 1. The van der Waals surface area contributed by atoms with Crippen molar-refractivity contribution >= 4 is 56.8 Å². The van der Waals surface area contributed by atoms with Crippen LogP contribution in [0, 0.1) is 0 Å². The SMILES string of the molecule is C/C=S(/Nc1cc(C(=O)NCCCC)ccc1Oc1ccc(CC(=O)O)cc1OC)c1ccc(Cl)cc1Cl. The lowest BCUT2D eigenvalue weighted by atomic mass is 10.1. The average Bonchev–Trinajstić information content (AvgIpc) is 2.89. The molecule has 3 aromatic rings. The number of benzene rings is 3. The number of methoxy groups -OCH3 is 1. The van der Waals surface area contributed by atoms with E-state index in [0.29, 0.717) is 50.7 Å². The summed E-state index contributed by atoms with van der Waals surface area (Å²) in [5, 5.41) is 15.1. The molecule has 202 valence electrons. The van der Waals surface area contributed by atoms with Gasteiger partial charge < -0.3 is 24.6 Å². The molecule has 0 aliphatic carbocycles. The number of hydrogen-bond donors (Lipinski definition) is 3. The van der Waals surface area contributed by atoms with Crippen molar-refractivity contribution < 1.29 is 24.2 Å². The van der Waals surface area contributed by atoms with Crippen molar-refractivity contribution in [3.63, 3.8) is 0 Å². The van der Waals surface area contributed by atoms with E-state index in [1.807, 2.05) is 18.4 Å². The summed E-state index contributed by atoms with van der Waals surface area (Å²) in [6.45, 7) is 4.56. The van der Waals surface area contributed by atoms with E-state index in [4.69, 9.17) is 37.8 Å². The summed E-state index contributed by atoms with van der Waals surface area (Å²) >= 11 is 12.6. The van der Waals surface area contributed by atoms with E-state index in [-0.39, 0.29) is 12.3 Å². The molecule has 1 unspecified atom stereocenters. The first kappa shape index (κ1) is 29.4. The van der Waals surface area contributed by atoms with Crippen molar-refractivity contribution in [2.24, 2.45) is 0 Å². The predicted octanol–water partition coefficient (Wildman–Crippen LogP) is 7.43. The van der Waals surface area contributed by atoms with Crippen molar-refractivity contribution in [3.8, 4) is 17.2 Å². The predicted molar refractivity (Wildman–Crippen MR) is 156 cm³/mol. The molecular formula is C28H30Cl2N2O5S. The first-order valence-electron chi connectivity index (χ1n) is 12.0. The quantitative estimate of drug-likeness (QED) is 0.153. The molecule has 0 bridgehead atoms. The Kier molecular flexibility index (Phi) is 10.9. The highest BCUT2D eigenvalue weighted by molar-refractivity contribution is 8.16. The lowest BCUT2D eigenvalue weighted by Gasteiger charge is -2.19. The Hall–Kier alpha value is -3.20. The Morgan fingerprint density at radius 2 is 1.79 bits per heavy atom. The molecule has 0 aromatic heterocycles. The molecule has 0 saturated heterocycles. The first-order valence-corrected chi connectivity index (χ1v) is 14.0. The zero-order valence-corrected chi connectivity index (χ0v) is 23.7. The van der Waals surface area contributed by atoms with Gasteiger partial charge in [0.15, 0.2) is 17.2 Å². The third kappa shape index (κ3) is 7.90. The summed E-state index contributed by atoms with van der Waals surface area (Å²) in [4.78, 5) is 24.7. The average molecular weight is 578 g/mol. The van der Waals surface area contributed by atoms with Crippen LogP contribution in [-0.4, -0.2) is 36.0 Å². The number of hydrogen-bond acceptors (Lipinski definition) is 5. The minimum atomic E-state index is -0.941. The van der Waals surface area contributed by atoms with Gasteiger partial charge in [0.25, 0.3) is 5.91 Å². The number of halogens is 2. The molecule has 7 nitrogen and oxygen atoms in total. The fourth-order valence-corrected chi connectivity index (χ4v) is 5.55. The summed E-state index contributed by atoms with van der Waals surface area (Å²) in [5.41, 5.74) is 1.62. The topological polar surface area (TPSA) is 96.9 Å². The van der Waals surface area contributed by atoms with Gasteiger partial charge in [-0.05, 0) is 72.8 Å². The normalized spacial score (nSPS) is 11.6. The molecule has 0 spiro atoms. The van der Waals surface area contributed by atoms with Crippen LogP contribution in [0.15, 0.2) is 59.5 Å². The highest BCUT2D eigenvalue weighted by Crippen LogP contribution is 2.41. The van der Waals surface area contributed by atoms with E-state index in [1.54, 1.807) is 48.5 Å². The number of anilines is 1. The lowest BCUT2D eigenvalue weighted by Crippen LogP contribution is -2.24. The minimum absolute atomic E-state index is 0.137. The summed E-state index contributed by atoms with van der Waals surface area (Å²) in [6, 6.07) is 15.4. The molecule has 0 heterocycles. The zero-order chi connectivity index (χ0) is 27.7. The fraction of sp³-hybridized carbons (Fsp3) is 0.250. The third-order valence-electron chi connectivity index (χ3n) is 5.45. The van der Waals surface area contributed by atoms with Crippen LogP contribution in [0.3, 0.4) is 0 Å². The van der Waals surface area contributed by atoms with Crippen LogP contribution in [0.4, 0.5) is 5.69 Å². The van der Waals surface area contributed by atoms with E-state index in [1.165, 1.54) is 7.11 Å². The molecule has 1 atom stereocenters. The third-order valence-corrected chi connectivity index (χ3v) is 7.85. The van der Waals surface area contributed by atoms with Gasteiger partial charge in [-0.3, -0.25) is 9.59 Å². The number of carboxylic acids is 1. The van der Waals surface area contributed by atoms with Crippen molar-refractivity contribution in [3.05, 3.63) is 75.8 Å². The Bertz CT molecular complexity index is 1350. The Labute approximate surface area is 235 Å². The molecule has 0 aliphatic heterocycles. The Morgan fingerprint density at radius 1 is 1.03 bits per heavy atom. The smallest absolute Gasteiger partial charge is 0.307 e. The van der Waals surface area contributed by atoms with Gasteiger partial charge in [-0.2, -0.15) is 0 Å². The van der Waals surface area contributed by atoms with Crippen LogP contribution in [-0.2, 0) is 11.2 Å². The molecular weight excluding hydrogens is 547 g/mol. The van der Waals surface area contributed by atoms with Crippen LogP contribution in [0.25, 0.3) is 0 Å². The van der Waals surface area contributed by atoms with Gasteiger partial charge in [0.1, 0.15) is 0 Å². The van der Waals surface area contributed by atoms with Crippen molar-refractivity contribution in [2.75, 3.05) is 18.4 Å². The number of nitrogens with one attached hydrogen (secondary N) is 2. The zero-order valence-electron chi connectivity index (χ0n) is 21.3. The standard InChI is InChI=1S/C28H30Cl2N2O5S/c1-4-6-13-31-28(35)19-8-11-23(37-24-10-7-18(15-27(33)34)14-25(24)36-3)22(16-19)32-38(5-2)26-12-9-20(29)17-21(26)30/h5,7-12,14,16-17,32H,4,6,13,15H2,1-3H3,(H,31,35)(H,33,34). The molecule has 3 rings (SSSR count). The summed E-state index contributed by atoms with van der Waals surface area (Å²) < 4.78 is 15.1.